The normalized spacial score (nSPS) is 13.8. The molecule has 2 N–H and O–H groups in total. The van der Waals surface area contributed by atoms with E-state index >= 15 is 0 Å². The van der Waals surface area contributed by atoms with Crippen molar-refractivity contribution in [1.29, 1.82) is 0 Å². The number of carbonyl (C=O) groups is 1. The molecular formula is C17H20ClN5O. The number of anilines is 2. The predicted molar refractivity (Wildman–Crippen MR) is 95.8 cm³/mol. The molecule has 0 radical (unpaired) electrons. The highest BCUT2D eigenvalue weighted by Crippen LogP contribution is 2.19. The van der Waals surface area contributed by atoms with E-state index < -0.39 is 0 Å². The van der Waals surface area contributed by atoms with E-state index in [9.17, 15) is 4.79 Å². The number of hydrogen-bond donors (Lipinski definition) is 2. The number of carbonyl (C=O) groups excluding carboxylic acids is 1. The number of nitrogens with one attached hydrogen (secondary N) is 2. The summed E-state index contributed by atoms with van der Waals surface area (Å²) in [6, 6.07) is 8.95. The molecule has 2 aromatic rings. The van der Waals surface area contributed by atoms with Crippen molar-refractivity contribution in [1.82, 2.24) is 15.3 Å². The van der Waals surface area contributed by atoms with Crippen molar-refractivity contribution in [3.8, 4) is 0 Å². The van der Waals surface area contributed by atoms with Crippen LogP contribution in [0.5, 0.6) is 0 Å². The molecule has 7 heteroatoms. The topological polar surface area (TPSA) is 70.2 Å². The summed E-state index contributed by atoms with van der Waals surface area (Å²) in [7, 11) is 0. The summed E-state index contributed by atoms with van der Waals surface area (Å²) in [6.45, 7) is 3.15. The lowest BCUT2D eigenvalue weighted by atomic mass is 10.2. The molecule has 0 bridgehead atoms. The molecule has 1 aromatic carbocycles. The highest BCUT2D eigenvalue weighted by molar-refractivity contribution is 6.33. The molecule has 1 aliphatic heterocycles. The van der Waals surface area contributed by atoms with E-state index in [0.29, 0.717) is 23.7 Å². The lowest BCUT2D eigenvalue weighted by molar-refractivity contribution is 0.0955. The molecule has 0 unspecified atom stereocenters. The zero-order valence-corrected chi connectivity index (χ0v) is 14.1. The van der Waals surface area contributed by atoms with Gasteiger partial charge in [-0.15, -0.1) is 0 Å². The van der Waals surface area contributed by atoms with Crippen LogP contribution in [-0.4, -0.2) is 42.1 Å². The van der Waals surface area contributed by atoms with Gasteiger partial charge in [0, 0.05) is 32.2 Å². The second-order valence-corrected chi connectivity index (χ2v) is 6.03. The molecule has 2 heterocycles. The van der Waals surface area contributed by atoms with Crippen LogP contribution in [0, 0.1) is 0 Å². The molecular weight excluding hydrogens is 326 g/mol. The SMILES string of the molecule is O=C(NCCNc1cc(N2CCCC2)ncn1)c1ccccc1Cl. The molecule has 1 aliphatic rings. The Hall–Kier alpha value is -2.34. The van der Waals surface area contributed by atoms with Gasteiger partial charge >= 0.3 is 0 Å². The van der Waals surface area contributed by atoms with Crippen LogP contribution in [0.15, 0.2) is 36.7 Å². The van der Waals surface area contributed by atoms with E-state index in [2.05, 4.69) is 25.5 Å². The van der Waals surface area contributed by atoms with Crippen LogP contribution in [0.3, 0.4) is 0 Å². The van der Waals surface area contributed by atoms with Gasteiger partial charge in [-0.3, -0.25) is 4.79 Å². The fraction of sp³-hybridized carbons (Fsp3) is 0.353. The monoisotopic (exact) mass is 345 g/mol. The number of halogens is 1. The van der Waals surface area contributed by atoms with Crippen molar-refractivity contribution < 1.29 is 4.79 Å². The molecule has 24 heavy (non-hydrogen) atoms. The first-order valence-corrected chi connectivity index (χ1v) is 8.45. The minimum atomic E-state index is -0.178. The molecule has 3 rings (SSSR count). The molecule has 0 saturated carbocycles. The van der Waals surface area contributed by atoms with Crippen LogP contribution < -0.4 is 15.5 Å². The van der Waals surface area contributed by atoms with Gasteiger partial charge in [-0.05, 0) is 25.0 Å². The predicted octanol–water partition coefficient (Wildman–Crippen LogP) is 2.57. The highest BCUT2D eigenvalue weighted by Gasteiger charge is 2.14. The van der Waals surface area contributed by atoms with Gasteiger partial charge in [-0.2, -0.15) is 0 Å². The van der Waals surface area contributed by atoms with Gasteiger partial charge in [0.15, 0.2) is 0 Å². The maximum atomic E-state index is 12.0. The Morgan fingerprint density at radius 3 is 2.75 bits per heavy atom. The Balaban J connectivity index is 1.47. The number of amides is 1. The molecule has 1 fully saturated rings. The van der Waals surface area contributed by atoms with Crippen molar-refractivity contribution in [2.75, 3.05) is 36.4 Å². The van der Waals surface area contributed by atoms with Crippen molar-refractivity contribution in [3.63, 3.8) is 0 Å². The van der Waals surface area contributed by atoms with Crippen LogP contribution in [0.2, 0.25) is 5.02 Å². The van der Waals surface area contributed by atoms with E-state index in [-0.39, 0.29) is 5.91 Å². The second kappa shape index (κ2) is 7.97. The number of aromatic nitrogens is 2. The molecule has 1 amide bonds. The summed E-state index contributed by atoms with van der Waals surface area (Å²) in [6.07, 6.45) is 3.99. The van der Waals surface area contributed by atoms with Crippen molar-refractivity contribution in [2.45, 2.75) is 12.8 Å². The van der Waals surface area contributed by atoms with E-state index in [1.165, 1.54) is 12.8 Å². The lowest BCUT2D eigenvalue weighted by Gasteiger charge is -2.16. The second-order valence-electron chi connectivity index (χ2n) is 5.62. The van der Waals surface area contributed by atoms with Crippen molar-refractivity contribution >= 4 is 29.1 Å². The molecule has 1 aromatic heterocycles. The largest absolute Gasteiger partial charge is 0.368 e. The van der Waals surface area contributed by atoms with Crippen LogP contribution >= 0.6 is 11.6 Å². The third-order valence-electron chi connectivity index (χ3n) is 3.92. The Morgan fingerprint density at radius 2 is 1.96 bits per heavy atom. The summed E-state index contributed by atoms with van der Waals surface area (Å²) in [4.78, 5) is 22.8. The molecule has 126 valence electrons. The first-order chi connectivity index (χ1) is 11.7. The summed E-state index contributed by atoms with van der Waals surface area (Å²) in [5, 5.41) is 6.50. The van der Waals surface area contributed by atoms with Crippen LogP contribution in [0.25, 0.3) is 0 Å². The highest BCUT2D eigenvalue weighted by atomic mass is 35.5. The van der Waals surface area contributed by atoms with Gasteiger partial charge < -0.3 is 15.5 Å². The van der Waals surface area contributed by atoms with Gasteiger partial charge in [0.05, 0.1) is 10.6 Å². The fourth-order valence-electron chi connectivity index (χ4n) is 2.67. The summed E-state index contributed by atoms with van der Waals surface area (Å²) < 4.78 is 0. The quantitative estimate of drug-likeness (QED) is 0.787. The smallest absolute Gasteiger partial charge is 0.252 e. The van der Waals surface area contributed by atoms with Gasteiger partial charge in [-0.25, -0.2) is 9.97 Å². The molecule has 6 nitrogen and oxygen atoms in total. The van der Waals surface area contributed by atoms with E-state index in [4.69, 9.17) is 11.6 Å². The Labute approximate surface area is 146 Å². The average Bonchev–Trinajstić information content (AvgIpc) is 3.14. The lowest BCUT2D eigenvalue weighted by Crippen LogP contribution is -2.29. The minimum absolute atomic E-state index is 0.178. The van der Waals surface area contributed by atoms with Crippen LogP contribution in [-0.2, 0) is 0 Å². The number of rotatable bonds is 6. The van der Waals surface area contributed by atoms with Crippen molar-refractivity contribution in [2.24, 2.45) is 0 Å². The third-order valence-corrected chi connectivity index (χ3v) is 4.25. The van der Waals surface area contributed by atoms with E-state index in [1.807, 2.05) is 6.07 Å². The number of nitrogens with zero attached hydrogens (tertiary/aromatic N) is 3. The maximum Gasteiger partial charge on any atom is 0.252 e. The van der Waals surface area contributed by atoms with Crippen LogP contribution in [0.4, 0.5) is 11.6 Å². The fourth-order valence-corrected chi connectivity index (χ4v) is 2.89. The average molecular weight is 346 g/mol. The van der Waals surface area contributed by atoms with Gasteiger partial charge in [0.2, 0.25) is 0 Å². The first kappa shape index (κ1) is 16.5. The summed E-state index contributed by atoms with van der Waals surface area (Å²) in [5.74, 6) is 1.53. The molecule has 1 saturated heterocycles. The molecule has 0 aliphatic carbocycles. The standard InChI is InChI=1S/C17H20ClN5O/c18-14-6-2-1-5-13(14)17(24)20-8-7-19-15-11-16(22-12-21-15)23-9-3-4-10-23/h1-2,5-6,11-12H,3-4,7-10H2,(H,20,24)(H,19,21,22). The van der Waals surface area contributed by atoms with Crippen LogP contribution in [0.1, 0.15) is 23.2 Å². The van der Waals surface area contributed by atoms with Gasteiger partial charge in [0.1, 0.15) is 18.0 Å². The zero-order chi connectivity index (χ0) is 16.8. The third kappa shape index (κ3) is 4.14. The Bertz CT molecular complexity index is 703. The van der Waals surface area contributed by atoms with Gasteiger partial charge in [-0.1, -0.05) is 23.7 Å². The Morgan fingerprint density at radius 1 is 1.17 bits per heavy atom. The molecule has 0 atom stereocenters. The first-order valence-electron chi connectivity index (χ1n) is 8.07. The van der Waals surface area contributed by atoms with Crippen molar-refractivity contribution in [3.05, 3.63) is 47.2 Å². The van der Waals surface area contributed by atoms with E-state index in [1.54, 1.807) is 30.6 Å². The Kier molecular flexibility index (Phi) is 5.48. The van der Waals surface area contributed by atoms with E-state index in [0.717, 1.165) is 24.7 Å². The molecule has 0 spiro atoms. The minimum Gasteiger partial charge on any atom is -0.368 e. The number of benzene rings is 1. The van der Waals surface area contributed by atoms with Gasteiger partial charge in [0.25, 0.3) is 5.91 Å². The maximum absolute atomic E-state index is 12.0. The summed E-state index contributed by atoms with van der Waals surface area (Å²) >= 11 is 6.01. The summed E-state index contributed by atoms with van der Waals surface area (Å²) in [5.41, 5.74) is 0.484. The zero-order valence-electron chi connectivity index (χ0n) is 13.3. The number of hydrogen-bond acceptors (Lipinski definition) is 5.